The van der Waals surface area contributed by atoms with Gasteiger partial charge in [0.2, 0.25) is 0 Å². The van der Waals surface area contributed by atoms with Crippen LogP contribution in [0.15, 0.2) is 30.3 Å². The molecule has 2 aromatic carbocycles. The first kappa shape index (κ1) is 11.0. The third-order valence-corrected chi connectivity index (χ3v) is 2.54. The van der Waals surface area contributed by atoms with E-state index < -0.39 is 0 Å². The molecule has 0 fully saturated rings. The summed E-state index contributed by atoms with van der Waals surface area (Å²) in [6, 6.07) is 8.75. The molecule has 2 rings (SSSR count). The Morgan fingerprint density at radius 3 is 2.88 bits per heavy atom. The smallest absolute Gasteiger partial charge is 0.188 e. The molecule has 0 radical (unpaired) electrons. The summed E-state index contributed by atoms with van der Waals surface area (Å²) in [7, 11) is 1.54. The minimum Gasteiger partial charge on any atom is -0.507 e. The summed E-state index contributed by atoms with van der Waals surface area (Å²) in [5.74, 6) is 0.656. The van der Waals surface area contributed by atoms with Gasteiger partial charge < -0.3 is 14.6 Å². The maximum atomic E-state index is 9.83. The fraction of sp³-hybridized carbons (Fsp3) is 0.167. The zero-order chi connectivity index (χ0) is 11.5. The Morgan fingerprint density at radius 1 is 1.31 bits per heavy atom. The number of fused-ring (bicyclic) bond motifs is 1. The van der Waals surface area contributed by atoms with Gasteiger partial charge in [-0.05, 0) is 17.5 Å². The lowest BCUT2D eigenvalue weighted by Gasteiger charge is -2.08. The van der Waals surface area contributed by atoms with Gasteiger partial charge >= 0.3 is 0 Å². The molecule has 0 heterocycles. The number of hydrogen-bond donors (Lipinski definition) is 1. The predicted molar refractivity (Wildman–Crippen MR) is 63.1 cm³/mol. The Morgan fingerprint density at radius 2 is 2.12 bits per heavy atom. The number of ether oxygens (including phenoxy) is 2. The van der Waals surface area contributed by atoms with Gasteiger partial charge in [0, 0.05) is 18.6 Å². The highest BCUT2D eigenvalue weighted by Gasteiger charge is 2.07. The third-order valence-electron chi connectivity index (χ3n) is 2.22. The van der Waals surface area contributed by atoms with Crippen LogP contribution in [0.25, 0.3) is 10.8 Å². The Bertz CT molecular complexity index is 511. The molecule has 0 bridgehead atoms. The molecule has 0 aliphatic heterocycles. The monoisotopic (exact) mass is 238 g/mol. The Balaban J connectivity index is 2.51. The number of hydrogen-bond acceptors (Lipinski definition) is 3. The van der Waals surface area contributed by atoms with Crippen LogP contribution < -0.4 is 4.74 Å². The van der Waals surface area contributed by atoms with Crippen LogP contribution in [0.2, 0.25) is 5.02 Å². The van der Waals surface area contributed by atoms with Gasteiger partial charge in [0.15, 0.2) is 6.79 Å². The quantitative estimate of drug-likeness (QED) is 0.835. The van der Waals surface area contributed by atoms with Gasteiger partial charge in [-0.2, -0.15) is 0 Å². The second-order valence-corrected chi connectivity index (χ2v) is 3.74. The molecule has 1 N–H and O–H groups in total. The van der Waals surface area contributed by atoms with E-state index in [9.17, 15) is 5.11 Å². The van der Waals surface area contributed by atoms with Crippen LogP contribution in [-0.4, -0.2) is 19.0 Å². The second kappa shape index (κ2) is 4.60. The Kier molecular flexibility index (Phi) is 3.17. The van der Waals surface area contributed by atoms with Crippen molar-refractivity contribution in [1.29, 1.82) is 0 Å². The number of benzene rings is 2. The fourth-order valence-corrected chi connectivity index (χ4v) is 1.82. The van der Waals surface area contributed by atoms with E-state index in [4.69, 9.17) is 21.1 Å². The summed E-state index contributed by atoms with van der Waals surface area (Å²) in [6.45, 7) is 0.144. The number of halogens is 1. The Hall–Kier alpha value is -1.45. The molecule has 4 heteroatoms. The van der Waals surface area contributed by atoms with Crippen LogP contribution in [0.4, 0.5) is 0 Å². The number of phenols is 1. The molecule has 0 aliphatic carbocycles. The largest absolute Gasteiger partial charge is 0.507 e. The summed E-state index contributed by atoms with van der Waals surface area (Å²) < 4.78 is 10.1. The lowest BCUT2D eigenvalue weighted by atomic mass is 10.1. The minimum absolute atomic E-state index is 0.106. The fourth-order valence-electron chi connectivity index (χ4n) is 1.54. The molecular formula is C12H11ClO3. The van der Waals surface area contributed by atoms with Crippen molar-refractivity contribution in [2.75, 3.05) is 13.9 Å². The zero-order valence-electron chi connectivity index (χ0n) is 8.74. The number of phenolic OH excluding ortho intramolecular Hbond substituents is 1. The van der Waals surface area contributed by atoms with Gasteiger partial charge in [-0.3, -0.25) is 0 Å². The van der Waals surface area contributed by atoms with Crippen molar-refractivity contribution in [1.82, 2.24) is 0 Å². The van der Waals surface area contributed by atoms with E-state index in [0.717, 1.165) is 5.39 Å². The Labute approximate surface area is 98.2 Å². The second-order valence-electron chi connectivity index (χ2n) is 3.33. The van der Waals surface area contributed by atoms with Gasteiger partial charge in [-0.25, -0.2) is 0 Å². The standard InChI is InChI=1S/C12H11ClO3/c1-15-7-16-9-5-8-3-2-4-10(13)12(8)11(14)6-9/h2-6,14H,7H2,1H3. The summed E-state index contributed by atoms with van der Waals surface area (Å²) in [5, 5.41) is 11.8. The van der Waals surface area contributed by atoms with Crippen molar-refractivity contribution in [3.05, 3.63) is 35.4 Å². The number of rotatable bonds is 3. The van der Waals surface area contributed by atoms with Crippen molar-refractivity contribution in [3.63, 3.8) is 0 Å². The molecule has 0 saturated heterocycles. The van der Waals surface area contributed by atoms with Gasteiger partial charge in [-0.15, -0.1) is 0 Å². The van der Waals surface area contributed by atoms with Crippen LogP contribution >= 0.6 is 11.6 Å². The summed E-state index contributed by atoms with van der Waals surface area (Å²) in [4.78, 5) is 0. The highest BCUT2D eigenvalue weighted by Crippen LogP contribution is 2.34. The summed E-state index contributed by atoms with van der Waals surface area (Å²) in [6.07, 6.45) is 0. The third kappa shape index (κ3) is 2.05. The number of aromatic hydroxyl groups is 1. The van der Waals surface area contributed by atoms with Crippen molar-refractivity contribution in [2.24, 2.45) is 0 Å². The molecule has 0 amide bonds. The molecular weight excluding hydrogens is 228 g/mol. The van der Waals surface area contributed by atoms with E-state index in [1.807, 2.05) is 12.1 Å². The molecule has 2 aromatic rings. The lowest BCUT2D eigenvalue weighted by Crippen LogP contribution is -1.98. The van der Waals surface area contributed by atoms with Crippen LogP contribution in [0, 0.1) is 0 Å². The van der Waals surface area contributed by atoms with Crippen molar-refractivity contribution < 1.29 is 14.6 Å². The van der Waals surface area contributed by atoms with E-state index in [1.54, 1.807) is 12.1 Å². The lowest BCUT2D eigenvalue weighted by molar-refractivity contribution is 0.0511. The van der Waals surface area contributed by atoms with Crippen LogP contribution in [0.5, 0.6) is 11.5 Å². The van der Waals surface area contributed by atoms with Crippen molar-refractivity contribution in [3.8, 4) is 11.5 Å². The van der Waals surface area contributed by atoms with Crippen LogP contribution in [0.3, 0.4) is 0 Å². The molecule has 3 nitrogen and oxygen atoms in total. The molecule has 16 heavy (non-hydrogen) atoms. The highest BCUT2D eigenvalue weighted by atomic mass is 35.5. The maximum Gasteiger partial charge on any atom is 0.188 e. The molecule has 84 valence electrons. The molecule has 0 aromatic heterocycles. The molecule has 0 spiro atoms. The molecule has 0 unspecified atom stereocenters. The normalized spacial score (nSPS) is 10.6. The molecule has 0 aliphatic rings. The van der Waals surface area contributed by atoms with Crippen molar-refractivity contribution in [2.45, 2.75) is 0 Å². The SMILES string of the molecule is COCOc1cc(O)c2c(Cl)cccc2c1. The first-order valence-corrected chi connectivity index (χ1v) is 5.13. The average Bonchev–Trinajstić information content (AvgIpc) is 2.26. The minimum atomic E-state index is 0.106. The predicted octanol–water partition coefficient (Wildman–Crippen LogP) is 3.18. The topological polar surface area (TPSA) is 38.7 Å². The zero-order valence-corrected chi connectivity index (χ0v) is 9.49. The molecule has 0 atom stereocenters. The maximum absolute atomic E-state index is 9.83. The van der Waals surface area contributed by atoms with Crippen LogP contribution in [-0.2, 0) is 4.74 Å². The van der Waals surface area contributed by atoms with Crippen molar-refractivity contribution >= 4 is 22.4 Å². The van der Waals surface area contributed by atoms with Gasteiger partial charge in [0.1, 0.15) is 11.5 Å². The molecule has 0 saturated carbocycles. The number of methoxy groups -OCH3 is 1. The van der Waals surface area contributed by atoms with Gasteiger partial charge in [0.25, 0.3) is 0 Å². The highest BCUT2D eigenvalue weighted by molar-refractivity contribution is 6.36. The van der Waals surface area contributed by atoms with Gasteiger partial charge in [0.05, 0.1) is 5.02 Å². The van der Waals surface area contributed by atoms with E-state index in [2.05, 4.69) is 0 Å². The van der Waals surface area contributed by atoms with E-state index >= 15 is 0 Å². The van der Waals surface area contributed by atoms with Gasteiger partial charge in [-0.1, -0.05) is 23.7 Å². The van der Waals surface area contributed by atoms with Crippen LogP contribution in [0.1, 0.15) is 0 Å². The first-order chi connectivity index (χ1) is 7.72. The van der Waals surface area contributed by atoms with E-state index in [0.29, 0.717) is 16.2 Å². The summed E-state index contributed by atoms with van der Waals surface area (Å²) >= 11 is 5.99. The average molecular weight is 239 g/mol. The first-order valence-electron chi connectivity index (χ1n) is 4.75. The van der Waals surface area contributed by atoms with E-state index in [1.165, 1.54) is 13.2 Å². The summed E-state index contributed by atoms with van der Waals surface area (Å²) in [5.41, 5.74) is 0. The van der Waals surface area contributed by atoms with E-state index in [-0.39, 0.29) is 12.5 Å².